The minimum Gasteiger partial charge on any atom is -0.487 e. The van der Waals surface area contributed by atoms with Crippen molar-refractivity contribution in [2.24, 2.45) is 0 Å². The van der Waals surface area contributed by atoms with Gasteiger partial charge in [0, 0.05) is 48.7 Å². The molecule has 0 N–H and O–H groups in total. The Hall–Kier alpha value is -2.61. The topological polar surface area (TPSA) is 93.0 Å². The molecule has 8 nitrogen and oxygen atoms in total. The summed E-state index contributed by atoms with van der Waals surface area (Å²) in [4.78, 5) is 19.4. The van der Waals surface area contributed by atoms with Crippen LogP contribution in [0.4, 0.5) is 13.2 Å². The molecule has 2 aromatic heterocycles. The van der Waals surface area contributed by atoms with E-state index in [2.05, 4.69) is 4.98 Å². The van der Waals surface area contributed by atoms with Crippen molar-refractivity contribution in [1.29, 1.82) is 0 Å². The molecule has 39 heavy (non-hydrogen) atoms. The van der Waals surface area contributed by atoms with E-state index in [0.29, 0.717) is 56.0 Å². The Labute approximate surface area is 229 Å². The van der Waals surface area contributed by atoms with Crippen LogP contribution in [-0.4, -0.2) is 67.4 Å². The SMILES string of the molecule is CS(=O)(=O)N1CCN(Cc2cc(=O)c(OCCCCCSc3ccnc4cc(C(F)(F)F)ccc34)co2)CC1. The highest BCUT2D eigenvalue weighted by Gasteiger charge is 2.30. The van der Waals surface area contributed by atoms with Crippen molar-refractivity contribution in [1.82, 2.24) is 14.2 Å². The van der Waals surface area contributed by atoms with Gasteiger partial charge in [0.15, 0.2) is 0 Å². The van der Waals surface area contributed by atoms with Gasteiger partial charge < -0.3 is 9.15 Å². The Bertz CT molecular complexity index is 1440. The summed E-state index contributed by atoms with van der Waals surface area (Å²) in [6, 6.07) is 6.84. The number of sulfonamides is 1. The number of thioether (sulfide) groups is 1. The lowest BCUT2D eigenvalue weighted by Gasteiger charge is -2.32. The number of hydrogen-bond acceptors (Lipinski definition) is 8. The maximum Gasteiger partial charge on any atom is 0.416 e. The molecule has 212 valence electrons. The van der Waals surface area contributed by atoms with E-state index >= 15 is 0 Å². The van der Waals surface area contributed by atoms with Crippen LogP contribution in [-0.2, 0) is 22.7 Å². The Morgan fingerprint density at radius 1 is 1.08 bits per heavy atom. The van der Waals surface area contributed by atoms with Crippen LogP contribution in [0.25, 0.3) is 10.9 Å². The number of ether oxygens (including phenoxy) is 1. The largest absolute Gasteiger partial charge is 0.487 e. The molecule has 1 aliphatic rings. The molecule has 0 bridgehead atoms. The molecule has 0 spiro atoms. The van der Waals surface area contributed by atoms with Crippen LogP contribution < -0.4 is 10.2 Å². The normalized spacial score (nSPS) is 15.6. The van der Waals surface area contributed by atoms with Crippen LogP contribution in [0, 0.1) is 0 Å². The summed E-state index contributed by atoms with van der Waals surface area (Å²) in [5.74, 6) is 1.43. The van der Waals surface area contributed by atoms with E-state index in [4.69, 9.17) is 9.15 Å². The predicted octanol–water partition coefficient (Wildman–Crippen LogP) is 4.63. The van der Waals surface area contributed by atoms with Gasteiger partial charge >= 0.3 is 6.18 Å². The average Bonchev–Trinajstić information content (AvgIpc) is 2.88. The molecule has 1 saturated heterocycles. The van der Waals surface area contributed by atoms with Crippen molar-refractivity contribution in [2.45, 2.75) is 36.9 Å². The minimum absolute atomic E-state index is 0.150. The minimum atomic E-state index is -4.40. The van der Waals surface area contributed by atoms with Gasteiger partial charge in [-0.1, -0.05) is 6.07 Å². The number of fused-ring (bicyclic) bond motifs is 1. The van der Waals surface area contributed by atoms with Crippen molar-refractivity contribution < 1.29 is 30.7 Å². The van der Waals surface area contributed by atoms with E-state index in [1.165, 1.54) is 35.2 Å². The van der Waals surface area contributed by atoms with Crippen LogP contribution in [0.15, 0.2) is 56.9 Å². The maximum atomic E-state index is 13.0. The molecule has 13 heteroatoms. The van der Waals surface area contributed by atoms with Gasteiger partial charge in [-0.2, -0.15) is 17.5 Å². The molecule has 3 aromatic rings. The third-order valence-electron chi connectivity index (χ3n) is 6.37. The summed E-state index contributed by atoms with van der Waals surface area (Å²) < 4.78 is 74.7. The van der Waals surface area contributed by atoms with E-state index in [1.807, 2.05) is 11.0 Å². The predicted molar refractivity (Wildman–Crippen MR) is 143 cm³/mol. The molecule has 0 amide bonds. The van der Waals surface area contributed by atoms with Gasteiger partial charge in [-0.3, -0.25) is 14.7 Å². The zero-order valence-electron chi connectivity index (χ0n) is 21.4. The standard InChI is InChI=1S/C26H30F3N3O5S2/c1-39(34,35)32-11-9-31(10-12-32)17-20-16-23(33)24(18-37-20)36-13-3-2-4-14-38-25-7-8-30-22-15-19(26(27,28)29)5-6-21(22)25/h5-8,15-16,18H,2-4,9-14,17H2,1H3. The van der Waals surface area contributed by atoms with Crippen LogP contribution >= 0.6 is 11.8 Å². The number of halogens is 3. The lowest BCUT2D eigenvalue weighted by Crippen LogP contribution is -2.47. The first-order valence-corrected chi connectivity index (χ1v) is 15.3. The van der Waals surface area contributed by atoms with E-state index in [-0.39, 0.29) is 11.2 Å². The second-order valence-electron chi connectivity index (χ2n) is 9.31. The van der Waals surface area contributed by atoms with Crippen LogP contribution in [0.1, 0.15) is 30.6 Å². The van der Waals surface area contributed by atoms with Crippen LogP contribution in [0.3, 0.4) is 0 Å². The molecular formula is C26H30F3N3O5S2. The van der Waals surface area contributed by atoms with Crippen molar-refractivity contribution in [3.05, 3.63) is 64.3 Å². The number of benzene rings is 1. The second kappa shape index (κ2) is 12.7. The molecule has 4 rings (SSSR count). The first-order valence-electron chi connectivity index (χ1n) is 12.5. The highest BCUT2D eigenvalue weighted by atomic mass is 32.2. The fourth-order valence-corrected chi connectivity index (χ4v) is 6.12. The Balaban J connectivity index is 1.16. The highest BCUT2D eigenvalue weighted by molar-refractivity contribution is 7.99. The first kappa shape index (κ1) is 29.4. The smallest absolute Gasteiger partial charge is 0.416 e. The van der Waals surface area contributed by atoms with Gasteiger partial charge in [-0.15, -0.1) is 11.8 Å². The van der Waals surface area contributed by atoms with Crippen LogP contribution in [0.5, 0.6) is 5.75 Å². The van der Waals surface area contributed by atoms with Crippen molar-refractivity contribution in [3.8, 4) is 5.75 Å². The zero-order valence-corrected chi connectivity index (χ0v) is 23.1. The summed E-state index contributed by atoms with van der Waals surface area (Å²) >= 11 is 1.57. The summed E-state index contributed by atoms with van der Waals surface area (Å²) in [5, 5.41) is 0.699. The number of alkyl halides is 3. The van der Waals surface area contributed by atoms with Gasteiger partial charge in [0.1, 0.15) is 12.0 Å². The average molecular weight is 586 g/mol. The van der Waals surface area contributed by atoms with E-state index in [1.54, 1.807) is 11.8 Å². The van der Waals surface area contributed by atoms with Crippen molar-refractivity contribution in [2.75, 3.05) is 44.8 Å². The summed E-state index contributed by atoms with van der Waals surface area (Å²) in [6.45, 7) is 2.71. The Kier molecular flexibility index (Phi) is 9.57. The molecule has 0 aliphatic carbocycles. The van der Waals surface area contributed by atoms with Gasteiger partial charge in [0.2, 0.25) is 21.2 Å². The molecular weight excluding hydrogens is 555 g/mol. The van der Waals surface area contributed by atoms with Gasteiger partial charge in [-0.05, 0) is 43.2 Å². The number of nitrogens with zero attached hydrogens (tertiary/aromatic N) is 3. The third-order valence-corrected chi connectivity index (χ3v) is 8.83. The number of hydrogen-bond donors (Lipinski definition) is 0. The summed E-state index contributed by atoms with van der Waals surface area (Å²) in [6.07, 6.45) is 2.11. The quantitative estimate of drug-likeness (QED) is 0.238. The lowest BCUT2D eigenvalue weighted by molar-refractivity contribution is -0.137. The van der Waals surface area contributed by atoms with Gasteiger partial charge in [-0.25, -0.2) is 8.42 Å². The number of rotatable bonds is 11. The molecule has 0 unspecified atom stereocenters. The Morgan fingerprint density at radius 2 is 1.85 bits per heavy atom. The first-order chi connectivity index (χ1) is 18.5. The number of piperazine rings is 1. The fraction of sp³-hybridized carbons (Fsp3) is 0.462. The fourth-order valence-electron chi connectivity index (χ4n) is 4.24. The molecule has 1 fully saturated rings. The highest BCUT2D eigenvalue weighted by Crippen LogP contribution is 2.34. The number of aromatic nitrogens is 1. The molecule has 1 aromatic carbocycles. The summed E-state index contributed by atoms with van der Waals surface area (Å²) in [7, 11) is -3.20. The monoisotopic (exact) mass is 585 g/mol. The van der Waals surface area contributed by atoms with Crippen molar-refractivity contribution >= 4 is 32.7 Å². The molecule has 0 radical (unpaired) electrons. The van der Waals surface area contributed by atoms with Crippen LogP contribution in [0.2, 0.25) is 0 Å². The maximum absolute atomic E-state index is 13.0. The van der Waals surface area contributed by atoms with E-state index in [9.17, 15) is 26.4 Å². The Morgan fingerprint density at radius 3 is 2.54 bits per heavy atom. The third kappa shape index (κ3) is 8.19. The number of pyridine rings is 1. The molecule has 0 saturated carbocycles. The summed E-state index contributed by atoms with van der Waals surface area (Å²) in [5.41, 5.74) is -0.652. The lowest BCUT2D eigenvalue weighted by atomic mass is 10.1. The van der Waals surface area contributed by atoms with Crippen molar-refractivity contribution in [3.63, 3.8) is 0 Å². The van der Waals surface area contributed by atoms with Gasteiger partial charge in [0.05, 0.1) is 30.5 Å². The van der Waals surface area contributed by atoms with E-state index < -0.39 is 21.8 Å². The molecule has 3 heterocycles. The number of unbranched alkanes of at least 4 members (excludes halogenated alkanes) is 2. The second-order valence-corrected chi connectivity index (χ2v) is 12.4. The molecule has 0 atom stereocenters. The molecule has 1 aliphatic heterocycles. The zero-order chi connectivity index (χ0) is 28.0. The van der Waals surface area contributed by atoms with E-state index in [0.717, 1.165) is 42.0 Å². The van der Waals surface area contributed by atoms with Gasteiger partial charge in [0.25, 0.3) is 0 Å².